The Labute approximate surface area is 144 Å². The van der Waals surface area contributed by atoms with Crippen molar-refractivity contribution < 1.29 is 18.4 Å². The van der Waals surface area contributed by atoms with Crippen LogP contribution in [0.1, 0.15) is 27.9 Å². The lowest BCUT2D eigenvalue weighted by Gasteiger charge is -2.26. The van der Waals surface area contributed by atoms with Crippen LogP contribution in [-0.4, -0.2) is 25.4 Å². The van der Waals surface area contributed by atoms with E-state index in [0.717, 1.165) is 28.9 Å². The Bertz CT molecular complexity index is 836. The molecule has 6 heteroatoms. The quantitative estimate of drug-likeness (QED) is 0.927. The molecule has 0 fully saturated rings. The van der Waals surface area contributed by atoms with Crippen molar-refractivity contribution in [1.82, 2.24) is 5.32 Å². The molecule has 4 nitrogen and oxygen atoms in total. The van der Waals surface area contributed by atoms with E-state index in [1.54, 1.807) is 11.9 Å². The molecule has 1 aliphatic rings. The van der Waals surface area contributed by atoms with Crippen LogP contribution in [0, 0.1) is 11.6 Å². The molecule has 2 aromatic carbocycles. The van der Waals surface area contributed by atoms with E-state index >= 15 is 0 Å². The number of halogens is 2. The predicted molar refractivity (Wildman–Crippen MR) is 90.6 cm³/mol. The van der Waals surface area contributed by atoms with Gasteiger partial charge in [-0.3, -0.25) is 9.59 Å². The third kappa shape index (κ3) is 3.68. The lowest BCUT2D eigenvalue weighted by Crippen LogP contribution is -2.31. The van der Waals surface area contributed by atoms with E-state index in [9.17, 15) is 18.4 Å². The van der Waals surface area contributed by atoms with Gasteiger partial charge in [-0.1, -0.05) is 12.1 Å². The van der Waals surface area contributed by atoms with E-state index in [0.29, 0.717) is 25.8 Å². The van der Waals surface area contributed by atoms with Crippen molar-refractivity contribution in [1.29, 1.82) is 0 Å². The monoisotopic (exact) mass is 344 g/mol. The van der Waals surface area contributed by atoms with E-state index < -0.39 is 17.5 Å². The minimum atomic E-state index is -1.04. The van der Waals surface area contributed by atoms with Gasteiger partial charge < -0.3 is 10.2 Å². The highest BCUT2D eigenvalue weighted by Gasteiger charge is 2.20. The molecule has 2 amide bonds. The maximum atomic E-state index is 13.2. The van der Waals surface area contributed by atoms with E-state index in [-0.39, 0.29) is 11.5 Å². The molecule has 1 N–H and O–H groups in total. The first-order valence-corrected chi connectivity index (χ1v) is 8.07. The molecule has 1 heterocycles. The van der Waals surface area contributed by atoms with Crippen LogP contribution in [-0.2, 0) is 17.6 Å². The zero-order chi connectivity index (χ0) is 18.0. The summed E-state index contributed by atoms with van der Waals surface area (Å²) in [6.07, 6.45) is 1.83. The van der Waals surface area contributed by atoms with Crippen molar-refractivity contribution in [3.05, 3.63) is 64.7 Å². The maximum Gasteiger partial charge on any atom is 0.251 e. The standard InChI is InChI=1S/C19H18F2N2O2/c1-23-17-6-2-12(10-13(17)4-7-18(23)24)8-9-22-19(25)14-3-5-15(20)16(21)11-14/h2-3,5-6,10-11H,4,7-9H2,1H3,(H,22,25). The van der Waals surface area contributed by atoms with Gasteiger partial charge in [0.2, 0.25) is 5.91 Å². The zero-order valence-electron chi connectivity index (χ0n) is 13.8. The minimum Gasteiger partial charge on any atom is -0.352 e. The third-order valence-electron chi connectivity index (χ3n) is 4.37. The van der Waals surface area contributed by atoms with Gasteiger partial charge in [0.1, 0.15) is 0 Å². The Morgan fingerprint density at radius 3 is 2.68 bits per heavy atom. The molecule has 25 heavy (non-hydrogen) atoms. The van der Waals surface area contributed by atoms with Crippen molar-refractivity contribution in [3.8, 4) is 0 Å². The Kier molecular flexibility index (Phi) is 4.79. The fourth-order valence-corrected chi connectivity index (χ4v) is 2.93. The number of hydrogen-bond donors (Lipinski definition) is 1. The fraction of sp³-hybridized carbons (Fsp3) is 0.263. The molecular formula is C19H18F2N2O2. The molecule has 0 spiro atoms. The van der Waals surface area contributed by atoms with Gasteiger partial charge in [-0.2, -0.15) is 0 Å². The van der Waals surface area contributed by atoms with Gasteiger partial charge in [0.15, 0.2) is 11.6 Å². The number of nitrogens with one attached hydrogen (secondary N) is 1. The highest BCUT2D eigenvalue weighted by Crippen LogP contribution is 2.27. The molecule has 0 saturated carbocycles. The van der Waals surface area contributed by atoms with Crippen molar-refractivity contribution in [3.63, 3.8) is 0 Å². The van der Waals surface area contributed by atoms with E-state index in [1.165, 1.54) is 6.07 Å². The summed E-state index contributed by atoms with van der Waals surface area (Å²) >= 11 is 0. The van der Waals surface area contributed by atoms with Gasteiger partial charge in [0, 0.05) is 31.3 Å². The second-order valence-electron chi connectivity index (χ2n) is 6.05. The number of amides is 2. The average molecular weight is 344 g/mol. The fourth-order valence-electron chi connectivity index (χ4n) is 2.93. The Morgan fingerprint density at radius 1 is 1.12 bits per heavy atom. The van der Waals surface area contributed by atoms with Gasteiger partial charge in [-0.15, -0.1) is 0 Å². The number of aryl methyl sites for hydroxylation is 1. The summed E-state index contributed by atoms with van der Waals surface area (Å²) < 4.78 is 26.1. The van der Waals surface area contributed by atoms with Crippen LogP contribution in [0.5, 0.6) is 0 Å². The molecule has 0 radical (unpaired) electrons. The molecule has 1 aliphatic heterocycles. The normalized spacial score (nSPS) is 13.6. The molecule has 0 saturated heterocycles. The number of carbonyl (C=O) groups excluding carboxylic acids is 2. The van der Waals surface area contributed by atoms with Crippen LogP contribution in [0.25, 0.3) is 0 Å². The van der Waals surface area contributed by atoms with Crippen molar-refractivity contribution in [2.24, 2.45) is 0 Å². The van der Waals surface area contributed by atoms with Gasteiger partial charge in [0.25, 0.3) is 5.91 Å². The van der Waals surface area contributed by atoms with Crippen LogP contribution in [0.4, 0.5) is 14.5 Å². The molecule has 0 bridgehead atoms. The molecule has 0 aromatic heterocycles. The number of rotatable bonds is 4. The van der Waals surface area contributed by atoms with Crippen LogP contribution in [0.3, 0.4) is 0 Å². The summed E-state index contributed by atoms with van der Waals surface area (Å²) in [6, 6.07) is 8.96. The second-order valence-corrected chi connectivity index (χ2v) is 6.05. The molecular weight excluding hydrogens is 326 g/mol. The van der Waals surface area contributed by atoms with Crippen LogP contribution in [0.2, 0.25) is 0 Å². The van der Waals surface area contributed by atoms with Gasteiger partial charge in [0.05, 0.1) is 0 Å². The summed E-state index contributed by atoms with van der Waals surface area (Å²) in [6.45, 7) is 0.380. The summed E-state index contributed by atoms with van der Waals surface area (Å²) in [5.74, 6) is -2.35. The first-order valence-electron chi connectivity index (χ1n) is 8.07. The summed E-state index contributed by atoms with van der Waals surface area (Å²) in [5.41, 5.74) is 3.17. The van der Waals surface area contributed by atoms with Gasteiger partial charge in [-0.25, -0.2) is 8.78 Å². The lowest BCUT2D eigenvalue weighted by atomic mass is 9.98. The molecule has 130 valence electrons. The average Bonchev–Trinajstić information content (AvgIpc) is 2.60. The van der Waals surface area contributed by atoms with Crippen LogP contribution >= 0.6 is 0 Å². The van der Waals surface area contributed by atoms with E-state index in [1.807, 2.05) is 18.2 Å². The maximum absolute atomic E-state index is 13.2. The van der Waals surface area contributed by atoms with Crippen LogP contribution < -0.4 is 10.2 Å². The Balaban J connectivity index is 1.60. The van der Waals surface area contributed by atoms with Crippen molar-refractivity contribution in [2.75, 3.05) is 18.5 Å². The second kappa shape index (κ2) is 7.01. The largest absolute Gasteiger partial charge is 0.352 e. The lowest BCUT2D eigenvalue weighted by molar-refractivity contribution is -0.118. The first-order chi connectivity index (χ1) is 12.0. The number of benzene rings is 2. The predicted octanol–water partition coefficient (Wildman–Crippen LogP) is 2.85. The van der Waals surface area contributed by atoms with Gasteiger partial charge in [-0.05, 0) is 48.2 Å². The molecule has 0 unspecified atom stereocenters. The Hall–Kier alpha value is -2.76. The molecule has 0 aliphatic carbocycles. The number of fused-ring (bicyclic) bond motifs is 1. The van der Waals surface area contributed by atoms with E-state index in [2.05, 4.69) is 5.32 Å². The smallest absolute Gasteiger partial charge is 0.251 e. The number of carbonyl (C=O) groups is 2. The SMILES string of the molecule is CN1C(=O)CCc2cc(CCNC(=O)c3ccc(F)c(F)c3)ccc21. The summed E-state index contributed by atoms with van der Waals surface area (Å²) in [5, 5.41) is 2.70. The zero-order valence-corrected chi connectivity index (χ0v) is 13.8. The highest BCUT2D eigenvalue weighted by molar-refractivity contribution is 5.96. The number of anilines is 1. The Morgan fingerprint density at radius 2 is 1.92 bits per heavy atom. The molecule has 2 aromatic rings. The van der Waals surface area contributed by atoms with Crippen molar-refractivity contribution in [2.45, 2.75) is 19.3 Å². The molecule has 0 atom stereocenters. The van der Waals surface area contributed by atoms with Gasteiger partial charge >= 0.3 is 0 Å². The minimum absolute atomic E-state index is 0.0875. The summed E-state index contributed by atoms with van der Waals surface area (Å²) in [4.78, 5) is 25.3. The summed E-state index contributed by atoms with van der Waals surface area (Å²) in [7, 11) is 1.77. The molecule has 3 rings (SSSR count). The third-order valence-corrected chi connectivity index (χ3v) is 4.37. The number of nitrogens with zero attached hydrogens (tertiary/aromatic N) is 1. The number of hydrogen-bond acceptors (Lipinski definition) is 2. The first kappa shape index (κ1) is 17.1. The van der Waals surface area contributed by atoms with Crippen molar-refractivity contribution >= 4 is 17.5 Å². The van der Waals surface area contributed by atoms with Crippen LogP contribution in [0.15, 0.2) is 36.4 Å². The van der Waals surface area contributed by atoms with E-state index in [4.69, 9.17) is 0 Å². The topological polar surface area (TPSA) is 49.4 Å². The highest BCUT2D eigenvalue weighted by atomic mass is 19.2.